The van der Waals surface area contributed by atoms with Gasteiger partial charge in [0.2, 0.25) is 0 Å². The van der Waals surface area contributed by atoms with Crippen LogP contribution in [0.3, 0.4) is 0 Å². The molecule has 0 radical (unpaired) electrons. The zero-order valence-corrected chi connectivity index (χ0v) is 10.9. The molecular weight excluding hydrogens is 248 g/mol. The summed E-state index contributed by atoms with van der Waals surface area (Å²) in [5, 5.41) is 3.91. The van der Waals surface area contributed by atoms with Crippen molar-refractivity contribution >= 4 is 23.0 Å². The topological polar surface area (TPSA) is 47.3 Å². The molecule has 0 unspecified atom stereocenters. The number of halogens is 1. The molecule has 2 aromatic carbocycles. The van der Waals surface area contributed by atoms with Crippen LogP contribution < -0.4 is 15.8 Å². The second-order valence-corrected chi connectivity index (χ2v) is 4.37. The third-order valence-corrected chi connectivity index (χ3v) is 2.89. The molecule has 0 aliphatic heterocycles. The molecule has 0 spiro atoms. The van der Waals surface area contributed by atoms with Crippen LogP contribution in [0.1, 0.15) is 5.56 Å². The molecule has 0 fully saturated rings. The molecule has 18 heavy (non-hydrogen) atoms. The summed E-state index contributed by atoms with van der Waals surface area (Å²) in [6.07, 6.45) is 0. The molecule has 0 aliphatic rings. The lowest BCUT2D eigenvalue weighted by atomic mass is 10.2. The first-order valence-electron chi connectivity index (χ1n) is 5.61. The SMILES string of the molecule is COc1ccc(CNc2ccc(Cl)cc2N)cc1. The molecule has 0 heterocycles. The average molecular weight is 263 g/mol. The summed E-state index contributed by atoms with van der Waals surface area (Å²) in [5.41, 5.74) is 8.56. The molecule has 0 saturated heterocycles. The predicted octanol–water partition coefficient (Wildman–Crippen LogP) is 3.54. The zero-order chi connectivity index (χ0) is 13.0. The quantitative estimate of drug-likeness (QED) is 0.829. The number of nitrogens with two attached hydrogens (primary N) is 1. The summed E-state index contributed by atoms with van der Waals surface area (Å²) in [6, 6.07) is 13.3. The minimum Gasteiger partial charge on any atom is -0.497 e. The smallest absolute Gasteiger partial charge is 0.118 e. The summed E-state index contributed by atoms with van der Waals surface area (Å²) in [5.74, 6) is 0.852. The highest BCUT2D eigenvalue weighted by Gasteiger charge is 2.00. The minimum atomic E-state index is 0.641. The summed E-state index contributed by atoms with van der Waals surface area (Å²) in [4.78, 5) is 0. The Hall–Kier alpha value is -1.87. The zero-order valence-electron chi connectivity index (χ0n) is 10.1. The molecule has 0 aliphatic carbocycles. The highest BCUT2D eigenvalue weighted by molar-refractivity contribution is 6.31. The van der Waals surface area contributed by atoms with Gasteiger partial charge in [0.05, 0.1) is 18.5 Å². The lowest BCUT2D eigenvalue weighted by molar-refractivity contribution is 0.414. The fraction of sp³-hybridized carbons (Fsp3) is 0.143. The van der Waals surface area contributed by atoms with Crippen molar-refractivity contribution in [2.75, 3.05) is 18.2 Å². The van der Waals surface area contributed by atoms with Crippen LogP contribution >= 0.6 is 11.6 Å². The Balaban J connectivity index is 2.02. The van der Waals surface area contributed by atoms with Gasteiger partial charge in [-0.2, -0.15) is 0 Å². The van der Waals surface area contributed by atoms with Crippen molar-refractivity contribution in [1.29, 1.82) is 0 Å². The Bertz CT molecular complexity index is 526. The minimum absolute atomic E-state index is 0.641. The van der Waals surface area contributed by atoms with Gasteiger partial charge in [-0.25, -0.2) is 0 Å². The first kappa shape index (κ1) is 12.6. The van der Waals surface area contributed by atoms with E-state index in [1.807, 2.05) is 36.4 Å². The number of nitrogens with one attached hydrogen (secondary N) is 1. The largest absolute Gasteiger partial charge is 0.497 e. The van der Waals surface area contributed by atoms with Crippen LogP contribution in [-0.2, 0) is 6.54 Å². The van der Waals surface area contributed by atoms with E-state index in [0.717, 1.165) is 17.0 Å². The predicted molar refractivity (Wildman–Crippen MR) is 76.2 cm³/mol. The van der Waals surface area contributed by atoms with Gasteiger partial charge in [-0.05, 0) is 35.9 Å². The van der Waals surface area contributed by atoms with E-state index in [1.54, 1.807) is 13.2 Å². The van der Waals surface area contributed by atoms with Gasteiger partial charge in [-0.3, -0.25) is 0 Å². The lowest BCUT2D eigenvalue weighted by Gasteiger charge is -2.10. The van der Waals surface area contributed by atoms with E-state index in [9.17, 15) is 0 Å². The normalized spacial score (nSPS) is 10.1. The molecule has 0 bridgehead atoms. The Morgan fingerprint density at radius 2 is 1.89 bits per heavy atom. The van der Waals surface area contributed by atoms with Gasteiger partial charge in [0, 0.05) is 11.6 Å². The monoisotopic (exact) mass is 262 g/mol. The van der Waals surface area contributed by atoms with Crippen molar-refractivity contribution in [3.05, 3.63) is 53.1 Å². The van der Waals surface area contributed by atoms with Crippen LogP contribution in [0.5, 0.6) is 5.75 Å². The van der Waals surface area contributed by atoms with Crippen LogP contribution in [0.15, 0.2) is 42.5 Å². The molecule has 2 rings (SSSR count). The summed E-state index contributed by atoms with van der Waals surface area (Å²) in [7, 11) is 1.65. The molecule has 0 saturated carbocycles. The number of methoxy groups -OCH3 is 1. The number of hydrogen-bond donors (Lipinski definition) is 2. The second kappa shape index (κ2) is 5.65. The first-order chi connectivity index (χ1) is 8.69. The first-order valence-corrected chi connectivity index (χ1v) is 5.98. The van der Waals surface area contributed by atoms with E-state index in [2.05, 4.69) is 5.32 Å². The van der Waals surface area contributed by atoms with Crippen molar-refractivity contribution in [2.45, 2.75) is 6.54 Å². The molecule has 0 amide bonds. The number of rotatable bonds is 4. The van der Waals surface area contributed by atoms with Crippen molar-refractivity contribution in [1.82, 2.24) is 0 Å². The van der Waals surface area contributed by atoms with Gasteiger partial charge >= 0.3 is 0 Å². The number of benzene rings is 2. The van der Waals surface area contributed by atoms with Gasteiger partial charge in [-0.1, -0.05) is 23.7 Å². The molecular formula is C14H15ClN2O. The van der Waals surface area contributed by atoms with Crippen molar-refractivity contribution in [3.63, 3.8) is 0 Å². The Morgan fingerprint density at radius 1 is 1.17 bits per heavy atom. The highest BCUT2D eigenvalue weighted by Crippen LogP contribution is 2.23. The Morgan fingerprint density at radius 3 is 2.50 bits per heavy atom. The van der Waals surface area contributed by atoms with Crippen LogP contribution in [0.4, 0.5) is 11.4 Å². The van der Waals surface area contributed by atoms with Crippen LogP contribution in [0, 0.1) is 0 Å². The fourth-order valence-corrected chi connectivity index (χ4v) is 1.82. The van der Waals surface area contributed by atoms with Gasteiger partial charge in [0.1, 0.15) is 5.75 Å². The average Bonchev–Trinajstić information content (AvgIpc) is 2.38. The maximum absolute atomic E-state index is 5.86. The maximum Gasteiger partial charge on any atom is 0.118 e. The Kier molecular flexibility index (Phi) is 3.95. The van der Waals surface area contributed by atoms with E-state index >= 15 is 0 Å². The van der Waals surface area contributed by atoms with Crippen molar-refractivity contribution in [2.24, 2.45) is 0 Å². The van der Waals surface area contributed by atoms with Crippen LogP contribution in [0.25, 0.3) is 0 Å². The molecule has 94 valence electrons. The maximum atomic E-state index is 5.86. The van der Waals surface area contributed by atoms with E-state index in [4.69, 9.17) is 22.1 Å². The van der Waals surface area contributed by atoms with E-state index in [1.165, 1.54) is 0 Å². The lowest BCUT2D eigenvalue weighted by Crippen LogP contribution is -2.02. The van der Waals surface area contributed by atoms with Crippen LogP contribution in [0.2, 0.25) is 5.02 Å². The van der Waals surface area contributed by atoms with Crippen molar-refractivity contribution < 1.29 is 4.74 Å². The van der Waals surface area contributed by atoms with Crippen LogP contribution in [-0.4, -0.2) is 7.11 Å². The third-order valence-electron chi connectivity index (χ3n) is 2.66. The van der Waals surface area contributed by atoms with Gasteiger partial charge in [-0.15, -0.1) is 0 Å². The number of hydrogen-bond acceptors (Lipinski definition) is 3. The molecule has 0 aromatic heterocycles. The molecule has 0 atom stereocenters. The molecule has 4 heteroatoms. The summed E-state index contributed by atoms with van der Waals surface area (Å²) < 4.78 is 5.11. The third kappa shape index (κ3) is 3.08. The van der Waals surface area contributed by atoms with Gasteiger partial charge in [0.15, 0.2) is 0 Å². The standard InChI is InChI=1S/C14H15ClN2O/c1-18-12-5-2-10(3-6-12)9-17-14-7-4-11(15)8-13(14)16/h2-8,17H,9,16H2,1H3. The van der Waals surface area contributed by atoms with Gasteiger partial charge in [0.25, 0.3) is 0 Å². The highest BCUT2D eigenvalue weighted by atomic mass is 35.5. The van der Waals surface area contributed by atoms with E-state index < -0.39 is 0 Å². The summed E-state index contributed by atoms with van der Waals surface area (Å²) >= 11 is 5.85. The van der Waals surface area contributed by atoms with Crippen molar-refractivity contribution in [3.8, 4) is 5.75 Å². The van der Waals surface area contributed by atoms with E-state index in [0.29, 0.717) is 17.3 Å². The van der Waals surface area contributed by atoms with Gasteiger partial charge < -0.3 is 15.8 Å². The molecule has 2 aromatic rings. The van der Waals surface area contributed by atoms with E-state index in [-0.39, 0.29) is 0 Å². The number of nitrogen functional groups attached to an aromatic ring is 1. The molecule has 3 N–H and O–H groups in total. The number of anilines is 2. The summed E-state index contributed by atoms with van der Waals surface area (Å²) in [6.45, 7) is 0.704. The fourth-order valence-electron chi connectivity index (χ4n) is 1.64. The molecule has 3 nitrogen and oxygen atoms in total. The second-order valence-electron chi connectivity index (χ2n) is 3.93. The number of ether oxygens (including phenoxy) is 1. The Labute approximate surface area is 112 Å².